The Kier molecular flexibility index (Phi) is 83.0. The van der Waals surface area contributed by atoms with Gasteiger partial charge in [-0.05, 0) is 0 Å². The summed E-state index contributed by atoms with van der Waals surface area (Å²) in [5.74, 6) is 0. The molecule has 0 rings (SSSR count). The van der Waals surface area contributed by atoms with Crippen LogP contribution < -0.4 is 18.9 Å². The van der Waals surface area contributed by atoms with Gasteiger partial charge in [-0.25, -0.2) is 0 Å². The van der Waals surface area contributed by atoms with Crippen LogP contribution in [-0.4, -0.2) is 11.6 Å². The molecule has 0 aromatic rings. The first-order valence-electron chi connectivity index (χ1n) is 0.494. The molecule has 0 saturated heterocycles. The molecule has 0 aromatic heterocycles. The van der Waals surface area contributed by atoms with Crippen LogP contribution in [0.4, 0.5) is 0 Å². The van der Waals surface area contributed by atoms with Gasteiger partial charge in [0.05, 0.1) is 0 Å². The van der Waals surface area contributed by atoms with Crippen molar-refractivity contribution >= 4 is 6.47 Å². The van der Waals surface area contributed by atoms with Gasteiger partial charge in [0.2, 0.25) is 0 Å². The third-order valence-corrected chi connectivity index (χ3v) is 0. The first-order valence-corrected chi connectivity index (χ1v) is 0.494. The van der Waals surface area contributed by atoms with Crippen LogP contribution in [0.1, 0.15) is 1.43 Å². The molecule has 0 bridgehead atoms. The molecule has 0 aliphatic heterocycles. The number of hydrogen-bond donors (Lipinski definition) is 1. The summed E-state index contributed by atoms with van der Waals surface area (Å²) in [6.45, 7) is -0.250. The largest absolute Gasteiger partial charge is 1.00 e. The van der Waals surface area contributed by atoms with E-state index in [0.717, 1.165) is 0 Å². The van der Waals surface area contributed by atoms with Crippen molar-refractivity contribution in [2.24, 2.45) is 0 Å². The molecule has 2 nitrogen and oxygen atoms in total. The fourth-order valence-electron chi connectivity index (χ4n) is 0. The van der Waals surface area contributed by atoms with Crippen molar-refractivity contribution in [3.63, 3.8) is 0 Å². The van der Waals surface area contributed by atoms with Crippen molar-refractivity contribution in [1.82, 2.24) is 0 Å². The van der Waals surface area contributed by atoms with Crippen LogP contribution in [0.2, 0.25) is 0 Å². The first-order chi connectivity index (χ1) is 1.41. The molecule has 1 radical (unpaired) electrons. The van der Waals surface area contributed by atoms with Crippen molar-refractivity contribution in [1.29, 1.82) is 0 Å². The molecular weight excluding hydrogens is 110 g/mol. The zero-order valence-electron chi connectivity index (χ0n) is 3.77. The van der Waals surface area contributed by atoms with Gasteiger partial charge in [0.15, 0.2) is 0 Å². The number of rotatable bonds is 0. The average Bonchev–Trinajstić information content (AvgIpc) is 0.918. The smallest absolute Gasteiger partial charge is 1.00 e. The fraction of sp³-hybridized carbons (Fsp3) is 0. The van der Waals surface area contributed by atoms with E-state index in [4.69, 9.17) is 9.90 Å². The zero-order valence-corrected chi connectivity index (χ0v) is 3.81. The van der Waals surface area contributed by atoms with Gasteiger partial charge >= 0.3 is 18.9 Å². The zero-order chi connectivity index (χ0) is 2.71. The minimum atomic E-state index is -0.250. The molecule has 5 heavy (non-hydrogen) atoms. The maximum atomic E-state index is 8.36. The Labute approximate surface area is 53.8 Å². The van der Waals surface area contributed by atoms with Crippen LogP contribution in [0, 0.1) is 0 Å². The molecule has 0 atom stereocenters. The van der Waals surface area contributed by atoms with E-state index in [0.29, 0.717) is 0 Å². The summed E-state index contributed by atoms with van der Waals surface area (Å²) in [4.78, 5) is 8.36. The summed E-state index contributed by atoms with van der Waals surface area (Å²) in [5, 5.41) is 6.89. The quantitative estimate of drug-likeness (QED) is 0.265. The molecule has 1 N–H and O–H groups in total. The van der Waals surface area contributed by atoms with Crippen molar-refractivity contribution in [3.05, 3.63) is 0 Å². The minimum absolute atomic E-state index is 0. The Morgan fingerprint density at radius 2 is 1.80 bits per heavy atom. The monoisotopic (exact) mass is 113 g/mol. The number of carbonyl (C=O) groups is 1. The summed E-state index contributed by atoms with van der Waals surface area (Å²) in [7, 11) is 0. The second-order valence-electron chi connectivity index (χ2n) is 0.105. The summed E-state index contributed by atoms with van der Waals surface area (Å²) < 4.78 is 0. The van der Waals surface area contributed by atoms with E-state index in [1.165, 1.54) is 0 Å². The van der Waals surface area contributed by atoms with Gasteiger partial charge in [-0.15, -0.1) is 0 Å². The SMILES string of the molecule is O=CO.[Co].[H-].[Li+]. The Bertz CT molecular complexity index is 21.0. The maximum Gasteiger partial charge on any atom is 1.00 e. The van der Waals surface area contributed by atoms with Gasteiger partial charge in [0.25, 0.3) is 6.47 Å². The van der Waals surface area contributed by atoms with E-state index in [-0.39, 0.29) is 43.5 Å². The van der Waals surface area contributed by atoms with Crippen LogP contribution in [0.5, 0.6) is 0 Å². The minimum Gasteiger partial charge on any atom is -1.00 e. The molecule has 0 heterocycles. The van der Waals surface area contributed by atoms with Crippen LogP contribution in [0.3, 0.4) is 0 Å². The number of hydrogen-bond acceptors (Lipinski definition) is 1. The van der Waals surface area contributed by atoms with Gasteiger partial charge in [-0.1, -0.05) is 0 Å². The predicted octanol–water partition coefficient (Wildman–Crippen LogP) is -3.19. The summed E-state index contributed by atoms with van der Waals surface area (Å²) in [6.07, 6.45) is 0. The average molecular weight is 113 g/mol. The molecule has 0 saturated carbocycles. The molecule has 0 fully saturated rings. The molecule has 0 unspecified atom stereocenters. The van der Waals surface area contributed by atoms with Gasteiger partial charge < -0.3 is 6.53 Å². The van der Waals surface area contributed by atoms with E-state index < -0.39 is 0 Å². The Morgan fingerprint density at radius 1 is 1.80 bits per heavy atom. The van der Waals surface area contributed by atoms with Crippen molar-refractivity contribution in [2.45, 2.75) is 0 Å². The van der Waals surface area contributed by atoms with E-state index in [1.54, 1.807) is 0 Å². The van der Waals surface area contributed by atoms with Crippen LogP contribution in [0.25, 0.3) is 0 Å². The molecule has 0 aliphatic rings. The predicted molar refractivity (Wildman–Crippen MR) is 9.80 cm³/mol. The fourth-order valence-corrected chi connectivity index (χ4v) is 0. The van der Waals surface area contributed by atoms with E-state index in [2.05, 4.69) is 0 Å². The van der Waals surface area contributed by atoms with Crippen LogP contribution in [-0.2, 0) is 21.6 Å². The van der Waals surface area contributed by atoms with Crippen molar-refractivity contribution < 1.29 is 47.0 Å². The Balaban J connectivity index is -0.00000000667. The molecule has 0 amide bonds. The molecule has 0 aromatic carbocycles. The third kappa shape index (κ3) is 92.0. The molecular formula is CH3CoLiO2. The van der Waals surface area contributed by atoms with Gasteiger partial charge in [0, 0.05) is 16.8 Å². The second-order valence-corrected chi connectivity index (χ2v) is 0.105. The van der Waals surface area contributed by atoms with E-state index in [9.17, 15) is 0 Å². The summed E-state index contributed by atoms with van der Waals surface area (Å²) in [5.41, 5.74) is 0. The Morgan fingerprint density at radius 3 is 1.80 bits per heavy atom. The molecule has 0 spiro atoms. The maximum absolute atomic E-state index is 8.36. The van der Waals surface area contributed by atoms with Gasteiger partial charge in [0.1, 0.15) is 0 Å². The van der Waals surface area contributed by atoms with E-state index in [1.807, 2.05) is 0 Å². The van der Waals surface area contributed by atoms with Gasteiger partial charge in [-0.3, -0.25) is 4.79 Å². The Hall–Kier alpha value is 0.574. The first kappa shape index (κ1) is 17.6. The molecule has 0 aliphatic carbocycles. The van der Waals surface area contributed by atoms with Crippen molar-refractivity contribution in [3.8, 4) is 0 Å². The number of carboxylic acid groups (broad SMARTS) is 1. The van der Waals surface area contributed by atoms with Crippen LogP contribution >= 0.6 is 0 Å². The van der Waals surface area contributed by atoms with Crippen molar-refractivity contribution in [2.75, 3.05) is 0 Å². The normalized spacial score (nSPS) is 2.40. The van der Waals surface area contributed by atoms with Crippen LogP contribution in [0.15, 0.2) is 0 Å². The summed E-state index contributed by atoms with van der Waals surface area (Å²) in [6, 6.07) is 0. The third-order valence-electron chi connectivity index (χ3n) is 0. The topological polar surface area (TPSA) is 37.3 Å². The van der Waals surface area contributed by atoms with E-state index >= 15 is 0 Å². The molecule has 4 heteroatoms. The second kappa shape index (κ2) is 23.6. The van der Waals surface area contributed by atoms with Gasteiger partial charge in [-0.2, -0.15) is 0 Å². The standard InChI is InChI=1S/CH2O2.Co.Li.H/c2-1-3;;;/h1H,(H,2,3);;;/q;;+1;-1. The summed E-state index contributed by atoms with van der Waals surface area (Å²) >= 11 is 0. The molecule has 29 valence electrons.